The highest BCUT2D eigenvalue weighted by Crippen LogP contribution is 2.45. The minimum atomic E-state index is 0.990. The van der Waals surface area contributed by atoms with Crippen LogP contribution in [0.3, 0.4) is 0 Å². The van der Waals surface area contributed by atoms with Gasteiger partial charge in [-0.05, 0) is 18.4 Å². The highest BCUT2D eigenvalue weighted by atomic mass is 16.5. The molecule has 0 aromatic carbocycles. The van der Waals surface area contributed by atoms with E-state index in [2.05, 4.69) is 32.9 Å². The Labute approximate surface area is 86.2 Å². The van der Waals surface area contributed by atoms with Gasteiger partial charge in [0.25, 0.3) is 0 Å². The zero-order valence-corrected chi connectivity index (χ0v) is 9.18. The largest absolute Gasteiger partial charge is 0.482 e. The second kappa shape index (κ2) is 3.64. The van der Waals surface area contributed by atoms with Crippen LogP contribution in [-0.4, -0.2) is 0 Å². The first-order valence-electron chi connectivity index (χ1n) is 5.50. The maximum Gasteiger partial charge on any atom is 0.177 e. The molecule has 1 aliphatic heterocycles. The molecule has 0 aromatic heterocycles. The van der Waals surface area contributed by atoms with Gasteiger partial charge in [0.05, 0.1) is 0 Å². The van der Waals surface area contributed by atoms with Gasteiger partial charge in [-0.1, -0.05) is 32.9 Å². The SMILES string of the molecule is CC[C]1OC(CC)=C2C(CC)=CC=C12. The van der Waals surface area contributed by atoms with Crippen LogP contribution in [0.1, 0.15) is 40.0 Å². The molecule has 1 radical (unpaired) electrons. The first-order valence-corrected chi connectivity index (χ1v) is 5.50. The molecular formula is C13H17O. The van der Waals surface area contributed by atoms with Crippen LogP contribution in [0.25, 0.3) is 0 Å². The van der Waals surface area contributed by atoms with Gasteiger partial charge in [0, 0.05) is 17.6 Å². The lowest BCUT2D eigenvalue weighted by molar-refractivity contribution is 0.243. The zero-order valence-electron chi connectivity index (χ0n) is 9.18. The van der Waals surface area contributed by atoms with Gasteiger partial charge in [-0.3, -0.25) is 0 Å². The van der Waals surface area contributed by atoms with Crippen molar-refractivity contribution in [1.29, 1.82) is 0 Å². The summed E-state index contributed by atoms with van der Waals surface area (Å²) in [6, 6.07) is 0. The van der Waals surface area contributed by atoms with Gasteiger partial charge in [-0.15, -0.1) is 0 Å². The fourth-order valence-corrected chi connectivity index (χ4v) is 2.15. The molecule has 75 valence electrons. The molecule has 0 saturated carbocycles. The molecular weight excluding hydrogens is 172 g/mol. The van der Waals surface area contributed by atoms with Crippen molar-refractivity contribution >= 4 is 0 Å². The van der Waals surface area contributed by atoms with E-state index in [0.29, 0.717) is 0 Å². The molecule has 2 rings (SSSR count). The Bertz CT molecular complexity index is 331. The van der Waals surface area contributed by atoms with Crippen LogP contribution in [0.15, 0.2) is 34.6 Å². The summed E-state index contributed by atoms with van der Waals surface area (Å²) in [4.78, 5) is 0. The van der Waals surface area contributed by atoms with Gasteiger partial charge >= 0.3 is 0 Å². The van der Waals surface area contributed by atoms with Crippen LogP contribution in [0.2, 0.25) is 0 Å². The molecule has 0 saturated heterocycles. The van der Waals surface area contributed by atoms with Crippen molar-refractivity contribution in [2.45, 2.75) is 40.0 Å². The van der Waals surface area contributed by atoms with Crippen molar-refractivity contribution in [3.8, 4) is 0 Å². The van der Waals surface area contributed by atoms with Crippen LogP contribution >= 0.6 is 0 Å². The van der Waals surface area contributed by atoms with Crippen LogP contribution in [0.5, 0.6) is 0 Å². The van der Waals surface area contributed by atoms with Crippen molar-refractivity contribution in [1.82, 2.24) is 0 Å². The highest BCUT2D eigenvalue weighted by Gasteiger charge is 2.33. The maximum absolute atomic E-state index is 5.85. The summed E-state index contributed by atoms with van der Waals surface area (Å²) < 4.78 is 5.85. The predicted molar refractivity (Wildman–Crippen MR) is 58.4 cm³/mol. The third-order valence-electron chi connectivity index (χ3n) is 2.89. The molecule has 1 heterocycles. The van der Waals surface area contributed by atoms with E-state index < -0.39 is 0 Å². The van der Waals surface area contributed by atoms with Gasteiger partial charge < -0.3 is 4.74 Å². The average Bonchev–Trinajstić information content (AvgIpc) is 2.75. The summed E-state index contributed by atoms with van der Waals surface area (Å²) >= 11 is 0. The summed E-state index contributed by atoms with van der Waals surface area (Å²) in [6.07, 6.45) is 8.67. The molecule has 2 aliphatic rings. The Morgan fingerprint density at radius 3 is 2.36 bits per heavy atom. The van der Waals surface area contributed by atoms with Crippen molar-refractivity contribution in [3.05, 3.63) is 40.7 Å². The molecule has 14 heavy (non-hydrogen) atoms. The summed E-state index contributed by atoms with van der Waals surface area (Å²) in [7, 11) is 0. The number of allylic oxidation sites excluding steroid dienone is 4. The summed E-state index contributed by atoms with van der Waals surface area (Å²) in [6.45, 7) is 6.51. The molecule has 0 spiro atoms. The number of hydrogen-bond acceptors (Lipinski definition) is 1. The first-order chi connectivity index (χ1) is 6.81. The monoisotopic (exact) mass is 189 g/mol. The minimum Gasteiger partial charge on any atom is -0.482 e. The number of rotatable bonds is 3. The topological polar surface area (TPSA) is 9.23 Å². The van der Waals surface area contributed by atoms with E-state index in [9.17, 15) is 0 Å². The molecule has 0 aromatic rings. The number of hydrogen-bond donors (Lipinski definition) is 0. The lowest BCUT2D eigenvalue weighted by Gasteiger charge is -2.08. The highest BCUT2D eigenvalue weighted by molar-refractivity contribution is 5.63. The standard InChI is InChI=1S/C13H17O/c1-4-9-7-8-10-11(5-2)14-12(6-3)13(9)10/h7-8H,4-6H2,1-3H3. The molecule has 0 bridgehead atoms. The van der Waals surface area contributed by atoms with E-state index in [1.807, 2.05) is 0 Å². The Morgan fingerprint density at radius 1 is 1.00 bits per heavy atom. The van der Waals surface area contributed by atoms with E-state index in [1.165, 1.54) is 22.5 Å². The molecule has 0 N–H and O–H groups in total. The molecule has 0 atom stereocenters. The van der Waals surface area contributed by atoms with E-state index in [1.54, 1.807) is 0 Å². The second-order valence-electron chi connectivity index (χ2n) is 3.66. The number of fused-ring (bicyclic) bond motifs is 1. The fourth-order valence-electron chi connectivity index (χ4n) is 2.15. The fraction of sp³-hybridized carbons (Fsp3) is 0.462. The third kappa shape index (κ3) is 1.23. The molecule has 1 aliphatic carbocycles. The molecule has 0 fully saturated rings. The van der Waals surface area contributed by atoms with Crippen molar-refractivity contribution < 1.29 is 4.74 Å². The van der Waals surface area contributed by atoms with Crippen LogP contribution in [0.4, 0.5) is 0 Å². The van der Waals surface area contributed by atoms with E-state index in [0.717, 1.165) is 25.4 Å². The van der Waals surface area contributed by atoms with Gasteiger partial charge in [0.2, 0.25) is 0 Å². The Kier molecular flexibility index (Phi) is 2.49. The quantitative estimate of drug-likeness (QED) is 0.654. The molecule has 0 amide bonds. The summed E-state index contributed by atoms with van der Waals surface area (Å²) in [5, 5.41) is 0. The van der Waals surface area contributed by atoms with E-state index in [4.69, 9.17) is 4.74 Å². The predicted octanol–water partition coefficient (Wildman–Crippen LogP) is 3.90. The third-order valence-corrected chi connectivity index (χ3v) is 2.89. The second-order valence-corrected chi connectivity index (χ2v) is 3.66. The minimum absolute atomic E-state index is 0.990. The lowest BCUT2D eigenvalue weighted by atomic mass is 9.97. The van der Waals surface area contributed by atoms with Gasteiger partial charge in [0.1, 0.15) is 5.76 Å². The normalized spacial score (nSPS) is 20.8. The van der Waals surface area contributed by atoms with Crippen molar-refractivity contribution in [2.24, 2.45) is 0 Å². The Hall–Kier alpha value is -0.980. The molecule has 1 heteroatoms. The number of ether oxygens (including phenoxy) is 1. The van der Waals surface area contributed by atoms with Crippen LogP contribution in [-0.2, 0) is 4.74 Å². The van der Waals surface area contributed by atoms with E-state index >= 15 is 0 Å². The van der Waals surface area contributed by atoms with Crippen molar-refractivity contribution in [2.75, 3.05) is 0 Å². The van der Waals surface area contributed by atoms with Crippen LogP contribution < -0.4 is 0 Å². The summed E-state index contributed by atoms with van der Waals surface area (Å²) in [5.74, 6) is 1.17. The summed E-state index contributed by atoms with van der Waals surface area (Å²) in [5.41, 5.74) is 4.15. The van der Waals surface area contributed by atoms with Gasteiger partial charge in [-0.25, -0.2) is 0 Å². The first kappa shape index (κ1) is 9.57. The molecule has 0 unspecified atom stereocenters. The lowest BCUT2D eigenvalue weighted by Crippen LogP contribution is -1.95. The van der Waals surface area contributed by atoms with Crippen LogP contribution in [0, 0.1) is 6.10 Å². The smallest absolute Gasteiger partial charge is 0.177 e. The average molecular weight is 189 g/mol. The van der Waals surface area contributed by atoms with Gasteiger partial charge in [-0.2, -0.15) is 0 Å². The molecule has 1 nitrogen and oxygen atoms in total. The van der Waals surface area contributed by atoms with E-state index in [-0.39, 0.29) is 0 Å². The Balaban J connectivity index is 2.35. The Morgan fingerprint density at radius 2 is 1.79 bits per heavy atom. The van der Waals surface area contributed by atoms with Crippen molar-refractivity contribution in [3.63, 3.8) is 0 Å². The van der Waals surface area contributed by atoms with Gasteiger partial charge in [0.15, 0.2) is 6.10 Å². The zero-order chi connectivity index (χ0) is 10.1. The maximum atomic E-state index is 5.85.